The van der Waals surface area contributed by atoms with E-state index in [2.05, 4.69) is 9.88 Å². The van der Waals surface area contributed by atoms with Crippen LogP contribution in [-0.2, 0) is 17.7 Å². The zero-order chi connectivity index (χ0) is 24.0. The highest BCUT2D eigenvalue weighted by Crippen LogP contribution is 2.37. The molecular weight excluding hydrogens is 463 g/mol. The van der Waals surface area contributed by atoms with Crippen molar-refractivity contribution in [3.63, 3.8) is 0 Å². The van der Waals surface area contributed by atoms with Crippen LogP contribution in [-0.4, -0.2) is 35.5 Å². The summed E-state index contributed by atoms with van der Waals surface area (Å²) in [6.45, 7) is 4.54. The maximum Gasteiger partial charge on any atom is 0.352 e. The van der Waals surface area contributed by atoms with Gasteiger partial charge in [0, 0.05) is 30.5 Å². The standard InChI is InChI=1S/C24H24F2N3O4P/c1-34(2,31)18-7-3-6-17(11-18)33-23-19(25)9-15(10-20(23)26)14-32-21-12-22-28-8-4-5-16(28)13-29(22)24(30)27-21/h3,6-7,9-12,16H,4-5,8,13-14H2,1-2H3. The zero-order valence-electron chi connectivity index (χ0n) is 18.8. The molecule has 0 radical (unpaired) electrons. The smallest absolute Gasteiger partial charge is 0.352 e. The molecule has 1 unspecified atom stereocenters. The molecule has 0 aliphatic carbocycles. The first kappa shape index (κ1) is 22.6. The van der Waals surface area contributed by atoms with Gasteiger partial charge in [-0.15, -0.1) is 0 Å². The summed E-state index contributed by atoms with van der Waals surface area (Å²) in [5, 5.41) is 0.550. The normalized spacial score (nSPS) is 16.9. The lowest BCUT2D eigenvalue weighted by Crippen LogP contribution is -2.24. The predicted molar refractivity (Wildman–Crippen MR) is 125 cm³/mol. The Kier molecular flexibility index (Phi) is 5.68. The van der Waals surface area contributed by atoms with Crippen LogP contribution in [0.2, 0.25) is 0 Å². The first-order chi connectivity index (χ1) is 16.2. The lowest BCUT2D eigenvalue weighted by Gasteiger charge is -2.17. The summed E-state index contributed by atoms with van der Waals surface area (Å²) < 4.78 is 54.3. The second-order valence-corrected chi connectivity index (χ2v) is 12.2. The van der Waals surface area contributed by atoms with Gasteiger partial charge in [-0.25, -0.2) is 13.6 Å². The molecule has 2 aliphatic heterocycles. The van der Waals surface area contributed by atoms with E-state index in [0.29, 0.717) is 17.9 Å². The van der Waals surface area contributed by atoms with Crippen LogP contribution in [0.15, 0.2) is 47.3 Å². The number of benzene rings is 2. The molecule has 34 heavy (non-hydrogen) atoms. The van der Waals surface area contributed by atoms with Crippen molar-refractivity contribution in [1.29, 1.82) is 0 Å². The highest BCUT2D eigenvalue weighted by atomic mass is 31.2. The van der Waals surface area contributed by atoms with Crippen LogP contribution < -0.4 is 25.4 Å². The Morgan fingerprint density at radius 2 is 1.91 bits per heavy atom. The maximum atomic E-state index is 14.7. The van der Waals surface area contributed by atoms with Gasteiger partial charge in [-0.3, -0.25) is 4.57 Å². The molecule has 0 amide bonds. The van der Waals surface area contributed by atoms with E-state index >= 15 is 0 Å². The van der Waals surface area contributed by atoms with Crippen LogP contribution in [0.5, 0.6) is 17.4 Å². The van der Waals surface area contributed by atoms with E-state index in [1.165, 1.54) is 12.1 Å². The fourth-order valence-corrected chi connectivity index (χ4v) is 5.33. The average Bonchev–Trinajstić information content (AvgIpc) is 3.37. The minimum atomic E-state index is -2.55. The van der Waals surface area contributed by atoms with Gasteiger partial charge in [-0.05, 0) is 56.0 Å². The topological polar surface area (TPSA) is 73.7 Å². The first-order valence-electron chi connectivity index (χ1n) is 11.0. The number of fused-ring (bicyclic) bond motifs is 3. The molecule has 3 aromatic rings. The SMILES string of the molecule is CP(C)(=O)c1cccc(Oc2c(F)cc(COc3cc4n(c(=O)n3)CC3CCCN43)cc2F)c1. The van der Waals surface area contributed by atoms with Gasteiger partial charge >= 0.3 is 5.69 Å². The minimum Gasteiger partial charge on any atom is -0.473 e. The molecule has 10 heteroatoms. The molecule has 1 saturated heterocycles. The first-order valence-corrected chi connectivity index (χ1v) is 13.6. The molecule has 0 spiro atoms. The lowest BCUT2D eigenvalue weighted by molar-refractivity contribution is 0.289. The third-order valence-electron chi connectivity index (χ3n) is 6.13. The highest BCUT2D eigenvalue weighted by Gasteiger charge is 2.34. The van der Waals surface area contributed by atoms with Crippen LogP contribution in [0.1, 0.15) is 18.4 Å². The van der Waals surface area contributed by atoms with Crippen LogP contribution in [0, 0.1) is 11.6 Å². The third kappa shape index (κ3) is 4.32. The minimum absolute atomic E-state index is 0.116. The quantitative estimate of drug-likeness (QED) is 0.487. The summed E-state index contributed by atoms with van der Waals surface area (Å²) in [5.41, 5.74) is -0.168. The van der Waals surface area contributed by atoms with Crippen molar-refractivity contribution >= 4 is 18.3 Å². The van der Waals surface area contributed by atoms with E-state index in [1.807, 2.05) is 0 Å². The number of rotatable bonds is 6. The Bertz CT molecular complexity index is 1350. The van der Waals surface area contributed by atoms with Crippen molar-refractivity contribution in [3.8, 4) is 17.4 Å². The van der Waals surface area contributed by atoms with Crippen LogP contribution in [0.3, 0.4) is 0 Å². The fraction of sp³-hybridized carbons (Fsp3) is 0.333. The van der Waals surface area contributed by atoms with Crippen molar-refractivity contribution in [1.82, 2.24) is 9.55 Å². The number of halogens is 2. The van der Waals surface area contributed by atoms with E-state index in [-0.39, 0.29) is 23.8 Å². The van der Waals surface area contributed by atoms with E-state index in [0.717, 1.165) is 37.3 Å². The molecular formula is C24H24F2N3O4P. The van der Waals surface area contributed by atoms with Gasteiger partial charge in [0.05, 0.1) is 0 Å². The van der Waals surface area contributed by atoms with Crippen molar-refractivity contribution in [2.24, 2.45) is 0 Å². The van der Waals surface area contributed by atoms with Crippen LogP contribution in [0.4, 0.5) is 14.6 Å². The second-order valence-electron chi connectivity index (χ2n) is 8.96. The number of anilines is 1. The molecule has 1 atom stereocenters. The molecule has 1 aromatic heterocycles. The Morgan fingerprint density at radius 1 is 1.15 bits per heavy atom. The Morgan fingerprint density at radius 3 is 2.65 bits per heavy atom. The molecule has 2 aliphatic rings. The summed E-state index contributed by atoms with van der Waals surface area (Å²) in [5.74, 6) is -1.29. The molecule has 3 heterocycles. The van der Waals surface area contributed by atoms with Crippen molar-refractivity contribution in [2.75, 3.05) is 24.8 Å². The van der Waals surface area contributed by atoms with Crippen LogP contribution in [0.25, 0.3) is 0 Å². The lowest BCUT2D eigenvalue weighted by atomic mass is 10.2. The van der Waals surface area contributed by atoms with Gasteiger partial charge < -0.3 is 18.9 Å². The van der Waals surface area contributed by atoms with E-state index in [1.54, 1.807) is 36.1 Å². The Labute approximate surface area is 195 Å². The molecule has 0 bridgehead atoms. The van der Waals surface area contributed by atoms with Crippen molar-refractivity contribution in [2.45, 2.75) is 32.0 Å². The molecule has 2 aromatic carbocycles. The monoisotopic (exact) mass is 487 g/mol. The second kappa shape index (κ2) is 8.55. The Hall–Kier alpha value is -3.19. The molecule has 5 rings (SSSR count). The Balaban J connectivity index is 1.32. The summed E-state index contributed by atoms with van der Waals surface area (Å²) >= 11 is 0. The summed E-state index contributed by atoms with van der Waals surface area (Å²) in [7, 11) is -2.55. The number of hydrogen-bond donors (Lipinski definition) is 0. The van der Waals surface area contributed by atoms with Gasteiger partial charge in [0.2, 0.25) is 5.88 Å². The third-order valence-corrected chi connectivity index (χ3v) is 7.66. The molecule has 1 fully saturated rings. The highest BCUT2D eigenvalue weighted by molar-refractivity contribution is 7.70. The van der Waals surface area contributed by atoms with E-state index < -0.39 is 30.2 Å². The van der Waals surface area contributed by atoms with Crippen molar-refractivity contribution in [3.05, 3.63) is 70.1 Å². The largest absolute Gasteiger partial charge is 0.473 e. The molecule has 0 saturated carbocycles. The number of ether oxygens (including phenoxy) is 2. The van der Waals surface area contributed by atoms with Gasteiger partial charge in [-0.1, -0.05) is 12.1 Å². The number of hydrogen-bond acceptors (Lipinski definition) is 6. The van der Waals surface area contributed by atoms with Gasteiger partial charge in [0.15, 0.2) is 17.4 Å². The van der Waals surface area contributed by atoms with Crippen molar-refractivity contribution < 1.29 is 22.8 Å². The van der Waals surface area contributed by atoms with E-state index in [9.17, 15) is 18.1 Å². The molecule has 178 valence electrons. The van der Waals surface area contributed by atoms with Gasteiger partial charge in [0.1, 0.15) is 25.3 Å². The maximum absolute atomic E-state index is 14.7. The van der Waals surface area contributed by atoms with Crippen LogP contribution >= 0.6 is 7.14 Å². The molecule has 7 nitrogen and oxygen atoms in total. The predicted octanol–water partition coefficient (Wildman–Crippen LogP) is 4.12. The van der Waals surface area contributed by atoms with Gasteiger partial charge in [-0.2, -0.15) is 4.98 Å². The van der Waals surface area contributed by atoms with Gasteiger partial charge in [0.25, 0.3) is 0 Å². The number of nitrogens with zero attached hydrogens (tertiary/aromatic N) is 3. The number of aromatic nitrogens is 2. The zero-order valence-corrected chi connectivity index (χ0v) is 19.7. The molecule has 0 N–H and O–H groups in total. The average molecular weight is 487 g/mol. The fourth-order valence-electron chi connectivity index (χ4n) is 4.44. The van der Waals surface area contributed by atoms with E-state index in [4.69, 9.17) is 9.47 Å². The summed E-state index contributed by atoms with van der Waals surface area (Å²) in [4.78, 5) is 18.5. The summed E-state index contributed by atoms with van der Waals surface area (Å²) in [6, 6.07) is 10.6. The summed E-state index contributed by atoms with van der Waals surface area (Å²) in [6.07, 6.45) is 2.11.